The summed E-state index contributed by atoms with van der Waals surface area (Å²) in [5, 5.41) is 4.65. The lowest BCUT2D eigenvalue weighted by Gasteiger charge is -2.21. The van der Waals surface area contributed by atoms with Crippen molar-refractivity contribution >= 4 is 11.0 Å². The summed E-state index contributed by atoms with van der Waals surface area (Å²) in [5.74, 6) is 2.64. The monoisotopic (exact) mass is 273 g/mol. The van der Waals surface area contributed by atoms with Gasteiger partial charge in [0.05, 0.1) is 13.7 Å². The van der Waals surface area contributed by atoms with Gasteiger partial charge in [0.2, 0.25) is 0 Å². The van der Waals surface area contributed by atoms with E-state index in [2.05, 4.69) is 17.4 Å². The van der Waals surface area contributed by atoms with Crippen molar-refractivity contribution in [1.82, 2.24) is 5.32 Å². The van der Waals surface area contributed by atoms with Crippen molar-refractivity contribution in [1.29, 1.82) is 0 Å². The lowest BCUT2D eigenvalue weighted by atomic mass is 9.89. The molecular weight excluding hydrogens is 250 g/mol. The van der Waals surface area contributed by atoms with Crippen LogP contribution in [0.5, 0.6) is 5.75 Å². The molecule has 1 N–H and O–H groups in total. The highest BCUT2D eigenvalue weighted by molar-refractivity contribution is 5.83. The molecule has 2 aromatic rings. The number of hydrogen-bond acceptors (Lipinski definition) is 3. The third kappa shape index (κ3) is 2.98. The van der Waals surface area contributed by atoms with Gasteiger partial charge in [-0.15, -0.1) is 0 Å². The van der Waals surface area contributed by atoms with E-state index in [1.165, 1.54) is 32.1 Å². The predicted octanol–water partition coefficient (Wildman–Crippen LogP) is 4.11. The van der Waals surface area contributed by atoms with Gasteiger partial charge in [-0.1, -0.05) is 31.4 Å². The molecule has 0 saturated heterocycles. The molecule has 1 aliphatic rings. The lowest BCUT2D eigenvalue weighted by molar-refractivity contribution is 0.337. The first-order valence-electron chi connectivity index (χ1n) is 7.63. The zero-order valence-electron chi connectivity index (χ0n) is 12.2. The molecule has 3 nitrogen and oxygen atoms in total. The summed E-state index contributed by atoms with van der Waals surface area (Å²) in [6, 6.07) is 8.10. The van der Waals surface area contributed by atoms with Crippen molar-refractivity contribution in [3.05, 3.63) is 30.0 Å². The summed E-state index contributed by atoms with van der Waals surface area (Å²) in [5.41, 5.74) is 0.851. The summed E-state index contributed by atoms with van der Waals surface area (Å²) >= 11 is 0. The lowest BCUT2D eigenvalue weighted by Crippen LogP contribution is -2.23. The molecule has 0 radical (unpaired) electrons. The molecule has 0 atom stereocenters. The van der Waals surface area contributed by atoms with Gasteiger partial charge in [-0.05, 0) is 37.4 Å². The highest BCUT2D eigenvalue weighted by atomic mass is 16.5. The van der Waals surface area contributed by atoms with Crippen LogP contribution in [0.15, 0.2) is 28.7 Å². The minimum atomic E-state index is 0.800. The molecule has 0 aliphatic heterocycles. The van der Waals surface area contributed by atoms with Gasteiger partial charge < -0.3 is 14.5 Å². The molecule has 1 aromatic carbocycles. The molecular formula is C17H23NO2. The van der Waals surface area contributed by atoms with Crippen molar-refractivity contribution in [2.75, 3.05) is 13.7 Å². The molecule has 1 fully saturated rings. The largest absolute Gasteiger partial charge is 0.493 e. The second kappa shape index (κ2) is 6.31. The molecule has 1 aliphatic carbocycles. The van der Waals surface area contributed by atoms with E-state index in [1.807, 2.05) is 12.1 Å². The third-order valence-corrected chi connectivity index (χ3v) is 4.24. The molecule has 1 aromatic heterocycles. The zero-order chi connectivity index (χ0) is 13.8. The van der Waals surface area contributed by atoms with Crippen LogP contribution < -0.4 is 10.1 Å². The Labute approximate surface area is 120 Å². The smallest absolute Gasteiger partial charge is 0.176 e. The van der Waals surface area contributed by atoms with Crippen LogP contribution in [-0.4, -0.2) is 13.7 Å². The van der Waals surface area contributed by atoms with E-state index in [9.17, 15) is 0 Å². The fourth-order valence-corrected chi connectivity index (χ4v) is 3.13. The fourth-order valence-electron chi connectivity index (χ4n) is 3.13. The maximum absolute atomic E-state index is 5.89. The van der Waals surface area contributed by atoms with Crippen LogP contribution in [0, 0.1) is 5.92 Å². The summed E-state index contributed by atoms with van der Waals surface area (Å²) < 4.78 is 11.2. The first kappa shape index (κ1) is 13.5. The maximum atomic E-state index is 5.89. The Morgan fingerprint density at radius 1 is 1.25 bits per heavy atom. The Morgan fingerprint density at radius 2 is 2.10 bits per heavy atom. The van der Waals surface area contributed by atoms with Crippen molar-refractivity contribution in [2.24, 2.45) is 5.92 Å². The van der Waals surface area contributed by atoms with Gasteiger partial charge in [0.25, 0.3) is 0 Å². The Hall–Kier alpha value is -1.48. The van der Waals surface area contributed by atoms with Crippen molar-refractivity contribution in [3.8, 4) is 5.75 Å². The standard InChI is InChI=1S/C17H23NO2/c1-19-16-9-5-8-14-10-15(20-17(14)16)12-18-11-13-6-3-2-4-7-13/h5,8-10,13,18H,2-4,6-7,11-12H2,1H3. The second-order valence-corrected chi connectivity index (χ2v) is 5.73. The molecule has 108 valence electrons. The quantitative estimate of drug-likeness (QED) is 0.890. The summed E-state index contributed by atoms with van der Waals surface area (Å²) in [6.45, 7) is 1.91. The van der Waals surface area contributed by atoms with E-state index in [-0.39, 0.29) is 0 Å². The average Bonchev–Trinajstić information content (AvgIpc) is 2.91. The Balaban J connectivity index is 1.60. The summed E-state index contributed by atoms with van der Waals surface area (Å²) in [6.07, 6.45) is 6.96. The van der Waals surface area contributed by atoms with Crippen LogP contribution in [0.2, 0.25) is 0 Å². The zero-order valence-corrected chi connectivity index (χ0v) is 12.2. The van der Waals surface area contributed by atoms with E-state index in [0.717, 1.165) is 41.5 Å². The minimum absolute atomic E-state index is 0.800. The van der Waals surface area contributed by atoms with Gasteiger partial charge in [-0.3, -0.25) is 0 Å². The van der Waals surface area contributed by atoms with Crippen molar-refractivity contribution in [3.63, 3.8) is 0 Å². The molecule has 3 rings (SSSR count). The van der Waals surface area contributed by atoms with Crippen LogP contribution in [0.4, 0.5) is 0 Å². The van der Waals surface area contributed by atoms with Gasteiger partial charge >= 0.3 is 0 Å². The van der Waals surface area contributed by atoms with Crippen LogP contribution in [0.3, 0.4) is 0 Å². The van der Waals surface area contributed by atoms with Gasteiger partial charge in [0.15, 0.2) is 11.3 Å². The van der Waals surface area contributed by atoms with E-state index >= 15 is 0 Å². The first-order valence-corrected chi connectivity index (χ1v) is 7.63. The van der Waals surface area contributed by atoms with Crippen LogP contribution in [-0.2, 0) is 6.54 Å². The fraction of sp³-hybridized carbons (Fsp3) is 0.529. The van der Waals surface area contributed by atoms with Gasteiger partial charge in [-0.25, -0.2) is 0 Å². The number of ether oxygens (including phenoxy) is 1. The second-order valence-electron chi connectivity index (χ2n) is 5.73. The Bertz CT molecular complexity index is 555. The highest BCUT2D eigenvalue weighted by Gasteiger charge is 2.13. The maximum Gasteiger partial charge on any atom is 0.176 e. The Kier molecular flexibility index (Phi) is 4.26. The minimum Gasteiger partial charge on any atom is -0.493 e. The molecule has 0 unspecified atom stereocenters. The van der Waals surface area contributed by atoms with Gasteiger partial charge in [-0.2, -0.15) is 0 Å². The number of hydrogen-bond donors (Lipinski definition) is 1. The average molecular weight is 273 g/mol. The number of fused-ring (bicyclic) bond motifs is 1. The molecule has 0 amide bonds. The van der Waals surface area contributed by atoms with Crippen LogP contribution >= 0.6 is 0 Å². The number of benzene rings is 1. The number of furan rings is 1. The van der Waals surface area contributed by atoms with Gasteiger partial charge in [0.1, 0.15) is 5.76 Å². The molecule has 1 heterocycles. The molecule has 20 heavy (non-hydrogen) atoms. The first-order chi connectivity index (χ1) is 9.86. The summed E-state index contributed by atoms with van der Waals surface area (Å²) in [4.78, 5) is 0. The number of nitrogens with one attached hydrogen (secondary N) is 1. The summed E-state index contributed by atoms with van der Waals surface area (Å²) in [7, 11) is 1.68. The van der Waals surface area contributed by atoms with E-state index < -0.39 is 0 Å². The number of rotatable bonds is 5. The molecule has 0 bridgehead atoms. The molecule has 3 heteroatoms. The van der Waals surface area contributed by atoms with Crippen molar-refractivity contribution < 1.29 is 9.15 Å². The Morgan fingerprint density at radius 3 is 2.90 bits per heavy atom. The van der Waals surface area contributed by atoms with Crippen LogP contribution in [0.1, 0.15) is 37.9 Å². The highest BCUT2D eigenvalue weighted by Crippen LogP contribution is 2.28. The third-order valence-electron chi connectivity index (χ3n) is 4.24. The van der Waals surface area contributed by atoms with Crippen molar-refractivity contribution in [2.45, 2.75) is 38.6 Å². The number of methoxy groups -OCH3 is 1. The molecule has 1 saturated carbocycles. The van der Waals surface area contributed by atoms with E-state index in [0.29, 0.717) is 0 Å². The topological polar surface area (TPSA) is 34.4 Å². The van der Waals surface area contributed by atoms with E-state index in [4.69, 9.17) is 9.15 Å². The normalized spacial score (nSPS) is 16.6. The predicted molar refractivity (Wildman–Crippen MR) is 81.0 cm³/mol. The van der Waals surface area contributed by atoms with Gasteiger partial charge in [0, 0.05) is 5.39 Å². The SMILES string of the molecule is COc1cccc2cc(CNCC3CCCCC3)oc12. The molecule has 0 spiro atoms. The number of para-hydroxylation sites is 1. The van der Waals surface area contributed by atoms with E-state index in [1.54, 1.807) is 7.11 Å². The van der Waals surface area contributed by atoms with Crippen LogP contribution in [0.25, 0.3) is 11.0 Å².